The zero-order valence-corrected chi connectivity index (χ0v) is 11.7. The van der Waals surface area contributed by atoms with Gasteiger partial charge in [0.2, 0.25) is 10.0 Å². The summed E-state index contributed by atoms with van der Waals surface area (Å²) in [5.41, 5.74) is 2.27. The highest BCUT2D eigenvalue weighted by Gasteiger charge is 2.20. The predicted molar refractivity (Wildman–Crippen MR) is 74.8 cm³/mol. The summed E-state index contributed by atoms with van der Waals surface area (Å²) < 4.78 is 25.4. The van der Waals surface area contributed by atoms with Crippen molar-refractivity contribution in [2.75, 3.05) is 17.6 Å². The van der Waals surface area contributed by atoms with Gasteiger partial charge < -0.3 is 5.32 Å². The molecular formula is C13H18N2O3S. The maximum atomic E-state index is 12.1. The van der Waals surface area contributed by atoms with E-state index in [1.807, 2.05) is 6.07 Å². The van der Waals surface area contributed by atoms with Gasteiger partial charge in [0.1, 0.15) is 0 Å². The van der Waals surface area contributed by atoms with Crippen molar-refractivity contribution in [1.82, 2.24) is 4.72 Å². The first kappa shape index (κ1) is 13.9. The van der Waals surface area contributed by atoms with E-state index in [9.17, 15) is 13.2 Å². The average Bonchev–Trinajstić information content (AvgIpc) is 2.37. The molecule has 0 fully saturated rings. The van der Waals surface area contributed by atoms with E-state index < -0.39 is 15.9 Å². The molecule has 5 nitrogen and oxygen atoms in total. The molecule has 0 aromatic heterocycles. The number of amides is 1. The summed E-state index contributed by atoms with van der Waals surface area (Å²) in [4.78, 5) is 12.1. The zero-order chi connectivity index (χ0) is 13.9. The molecule has 0 radical (unpaired) electrons. The van der Waals surface area contributed by atoms with Crippen LogP contribution in [-0.4, -0.2) is 26.6 Å². The van der Waals surface area contributed by atoms with E-state index in [0.717, 1.165) is 30.6 Å². The van der Waals surface area contributed by atoms with E-state index in [-0.39, 0.29) is 5.75 Å². The summed E-state index contributed by atoms with van der Waals surface area (Å²) in [7, 11) is -3.53. The molecule has 0 spiro atoms. The van der Waals surface area contributed by atoms with Crippen molar-refractivity contribution in [2.24, 2.45) is 0 Å². The Kier molecular flexibility index (Phi) is 4.09. The first-order valence-corrected chi connectivity index (χ1v) is 8.09. The molecular weight excluding hydrogens is 264 g/mol. The number of rotatable bonds is 4. The molecule has 1 aliphatic heterocycles. The second kappa shape index (κ2) is 5.61. The first-order chi connectivity index (χ1) is 9.03. The standard InChI is InChI=1S/C13H18N2O3S/c1-2-9-19(17,18)15-13(16)11-5-3-7-12-10(11)6-4-8-14-12/h3,5,7,14H,2,4,6,8-9H2,1H3,(H,15,16). The van der Waals surface area contributed by atoms with E-state index in [0.29, 0.717) is 12.0 Å². The molecule has 0 saturated carbocycles. The molecule has 0 unspecified atom stereocenters. The highest BCUT2D eigenvalue weighted by molar-refractivity contribution is 7.90. The van der Waals surface area contributed by atoms with Crippen LogP contribution >= 0.6 is 0 Å². The van der Waals surface area contributed by atoms with Gasteiger partial charge >= 0.3 is 0 Å². The summed E-state index contributed by atoms with van der Waals surface area (Å²) in [5.74, 6) is -0.569. The number of fused-ring (bicyclic) bond motifs is 1. The molecule has 0 saturated heterocycles. The highest BCUT2D eigenvalue weighted by Crippen LogP contribution is 2.25. The lowest BCUT2D eigenvalue weighted by atomic mass is 9.97. The van der Waals surface area contributed by atoms with Gasteiger partial charge in [0.15, 0.2) is 0 Å². The van der Waals surface area contributed by atoms with Crippen LogP contribution < -0.4 is 10.0 Å². The van der Waals surface area contributed by atoms with Crippen LogP contribution in [0.3, 0.4) is 0 Å². The molecule has 1 aliphatic rings. The Bertz CT molecular complexity index is 582. The van der Waals surface area contributed by atoms with Crippen molar-refractivity contribution in [2.45, 2.75) is 26.2 Å². The summed E-state index contributed by atoms with van der Waals surface area (Å²) >= 11 is 0. The number of carbonyl (C=O) groups is 1. The van der Waals surface area contributed by atoms with Crippen LogP contribution in [0.4, 0.5) is 5.69 Å². The van der Waals surface area contributed by atoms with Gasteiger partial charge in [0, 0.05) is 17.8 Å². The number of anilines is 1. The number of sulfonamides is 1. The normalized spacial score (nSPS) is 14.4. The minimum absolute atomic E-state index is 0.0357. The largest absolute Gasteiger partial charge is 0.385 e. The Labute approximate surface area is 113 Å². The van der Waals surface area contributed by atoms with Crippen molar-refractivity contribution in [3.63, 3.8) is 0 Å². The monoisotopic (exact) mass is 282 g/mol. The molecule has 1 aromatic carbocycles. The third-order valence-electron chi connectivity index (χ3n) is 3.06. The second-order valence-corrected chi connectivity index (χ2v) is 6.45. The van der Waals surface area contributed by atoms with E-state index in [1.54, 1.807) is 19.1 Å². The third-order valence-corrected chi connectivity index (χ3v) is 4.50. The Morgan fingerprint density at radius 2 is 2.21 bits per heavy atom. The lowest BCUT2D eigenvalue weighted by molar-refractivity contribution is 0.0980. The number of benzene rings is 1. The van der Waals surface area contributed by atoms with Crippen molar-refractivity contribution in [3.05, 3.63) is 29.3 Å². The van der Waals surface area contributed by atoms with E-state index in [1.165, 1.54) is 0 Å². The summed E-state index contributed by atoms with van der Waals surface area (Å²) in [6.07, 6.45) is 2.22. The van der Waals surface area contributed by atoms with Gasteiger partial charge in [-0.3, -0.25) is 4.79 Å². The lowest BCUT2D eigenvalue weighted by Crippen LogP contribution is -2.33. The van der Waals surface area contributed by atoms with Crippen molar-refractivity contribution < 1.29 is 13.2 Å². The Morgan fingerprint density at radius 1 is 1.42 bits per heavy atom. The molecule has 2 rings (SSSR count). The van der Waals surface area contributed by atoms with Gasteiger partial charge in [-0.25, -0.2) is 13.1 Å². The van der Waals surface area contributed by atoms with Crippen LogP contribution in [0, 0.1) is 0 Å². The summed E-state index contributed by atoms with van der Waals surface area (Å²) in [6.45, 7) is 2.64. The molecule has 0 bridgehead atoms. The van der Waals surface area contributed by atoms with Crippen LogP contribution in [0.15, 0.2) is 18.2 Å². The number of carbonyl (C=O) groups excluding carboxylic acids is 1. The van der Waals surface area contributed by atoms with Crippen LogP contribution in [0.2, 0.25) is 0 Å². The van der Waals surface area contributed by atoms with Crippen LogP contribution in [0.25, 0.3) is 0 Å². The molecule has 104 valence electrons. The second-order valence-electron chi connectivity index (χ2n) is 4.61. The van der Waals surface area contributed by atoms with E-state index in [4.69, 9.17) is 0 Å². The zero-order valence-electron chi connectivity index (χ0n) is 10.9. The van der Waals surface area contributed by atoms with Crippen LogP contribution in [-0.2, 0) is 16.4 Å². The highest BCUT2D eigenvalue weighted by atomic mass is 32.2. The molecule has 0 atom stereocenters. The Balaban J connectivity index is 2.25. The van der Waals surface area contributed by atoms with Gasteiger partial charge in [-0.15, -0.1) is 0 Å². The third kappa shape index (κ3) is 3.26. The maximum Gasteiger partial charge on any atom is 0.265 e. The molecule has 6 heteroatoms. The fraction of sp³-hybridized carbons (Fsp3) is 0.462. The number of hydrogen-bond acceptors (Lipinski definition) is 4. The molecule has 1 aromatic rings. The van der Waals surface area contributed by atoms with Crippen molar-refractivity contribution >= 4 is 21.6 Å². The first-order valence-electron chi connectivity index (χ1n) is 6.44. The van der Waals surface area contributed by atoms with E-state index >= 15 is 0 Å². The minimum Gasteiger partial charge on any atom is -0.385 e. The Hall–Kier alpha value is -1.56. The van der Waals surface area contributed by atoms with E-state index in [2.05, 4.69) is 10.0 Å². The molecule has 0 aliphatic carbocycles. The quantitative estimate of drug-likeness (QED) is 0.878. The lowest BCUT2D eigenvalue weighted by Gasteiger charge is -2.20. The van der Waals surface area contributed by atoms with Crippen molar-refractivity contribution in [3.8, 4) is 0 Å². The molecule has 19 heavy (non-hydrogen) atoms. The number of nitrogens with one attached hydrogen (secondary N) is 2. The fourth-order valence-electron chi connectivity index (χ4n) is 2.24. The minimum atomic E-state index is -3.53. The van der Waals surface area contributed by atoms with Gasteiger partial charge in [-0.1, -0.05) is 13.0 Å². The summed E-state index contributed by atoms with van der Waals surface area (Å²) in [5, 5.41) is 3.22. The topological polar surface area (TPSA) is 75.3 Å². The van der Waals surface area contributed by atoms with Gasteiger partial charge in [0.05, 0.1) is 5.75 Å². The Morgan fingerprint density at radius 3 is 2.95 bits per heavy atom. The van der Waals surface area contributed by atoms with Crippen LogP contribution in [0.1, 0.15) is 35.7 Å². The van der Waals surface area contributed by atoms with Crippen molar-refractivity contribution in [1.29, 1.82) is 0 Å². The smallest absolute Gasteiger partial charge is 0.265 e. The molecule has 1 amide bonds. The van der Waals surface area contributed by atoms with Crippen LogP contribution in [0.5, 0.6) is 0 Å². The predicted octanol–water partition coefficient (Wildman–Crippen LogP) is 1.51. The molecule has 1 heterocycles. The van der Waals surface area contributed by atoms with Gasteiger partial charge in [-0.05, 0) is 37.0 Å². The molecule has 2 N–H and O–H groups in total. The average molecular weight is 282 g/mol. The maximum absolute atomic E-state index is 12.1. The van der Waals surface area contributed by atoms with Gasteiger partial charge in [0.25, 0.3) is 5.91 Å². The van der Waals surface area contributed by atoms with Gasteiger partial charge in [-0.2, -0.15) is 0 Å². The number of hydrogen-bond donors (Lipinski definition) is 2. The SMILES string of the molecule is CCCS(=O)(=O)NC(=O)c1cccc2c1CCCN2. The fourth-order valence-corrected chi connectivity index (χ4v) is 3.27. The summed E-state index contributed by atoms with van der Waals surface area (Å²) in [6, 6.07) is 5.34.